The molecule has 0 saturated carbocycles. The molecule has 2 aromatic carbocycles. The van der Waals surface area contributed by atoms with E-state index in [0.717, 1.165) is 28.1 Å². The summed E-state index contributed by atoms with van der Waals surface area (Å²) >= 11 is 0. The summed E-state index contributed by atoms with van der Waals surface area (Å²) in [4.78, 5) is 14.9. The molecule has 5 heteroatoms. The average molecular weight is 339 g/mol. The van der Waals surface area contributed by atoms with Crippen molar-refractivity contribution in [2.45, 2.75) is 26.2 Å². The molecule has 25 heavy (non-hydrogen) atoms. The molecule has 2 aromatic rings. The molecule has 1 saturated heterocycles. The van der Waals surface area contributed by atoms with Crippen LogP contribution in [0.3, 0.4) is 0 Å². The fourth-order valence-corrected chi connectivity index (χ4v) is 3.56. The molecule has 0 bridgehead atoms. The molecule has 0 atom stereocenters. The van der Waals surface area contributed by atoms with Crippen molar-refractivity contribution in [1.29, 1.82) is 0 Å². The minimum Gasteiger partial charge on any atom is -0.494 e. The first kappa shape index (κ1) is 16.1. The number of rotatable bonds is 4. The molecule has 1 spiro atoms. The number of carbonyl (C=O) groups is 1. The Labute approximate surface area is 147 Å². The highest BCUT2D eigenvalue weighted by Gasteiger charge is 2.56. The number of anilines is 1. The quantitative estimate of drug-likeness (QED) is 0.859. The van der Waals surface area contributed by atoms with Crippen LogP contribution in [-0.2, 0) is 26.6 Å². The Morgan fingerprint density at radius 2 is 1.84 bits per heavy atom. The number of amides is 1. The number of nitrogens with zero attached hydrogens (tertiary/aromatic N) is 1. The Hall–Kier alpha value is -2.37. The summed E-state index contributed by atoms with van der Waals surface area (Å²) < 4.78 is 17.0. The van der Waals surface area contributed by atoms with Crippen LogP contribution in [0.5, 0.6) is 5.75 Å². The van der Waals surface area contributed by atoms with Crippen LogP contribution < -0.4 is 9.64 Å². The summed E-state index contributed by atoms with van der Waals surface area (Å²) in [6, 6.07) is 13.7. The second-order valence-electron chi connectivity index (χ2n) is 6.25. The molecule has 0 aliphatic carbocycles. The van der Waals surface area contributed by atoms with Gasteiger partial charge in [-0.1, -0.05) is 30.3 Å². The van der Waals surface area contributed by atoms with Gasteiger partial charge in [-0.3, -0.25) is 4.79 Å². The first-order valence-corrected chi connectivity index (χ1v) is 8.57. The second kappa shape index (κ2) is 6.17. The molecule has 2 aliphatic heterocycles. The Morgan fingerprint density at radius 3 is 2.52 bits per heavy atom. The number of hydrogen-bond acceptors (Lipinski definition) is 4. The summed E-state index contributed by atoms with van der Waals surface area (Å²) in [7, 11) is 0. The highest BCUT2D eigenvalue weighted by molar-refractivity contribution is 6.06. The Kier molecular flexibility index (Phi) is 3.98. The zero-order valence-corrected chi connectivity index (χ0v) is 14.5. The number of ether oxygens (including phenoxy) is 3. The van der Waals surface area contributed by atoms with Gasteiger partial charge in [-0.25, -0.2) is 0 Å². The minimum atomic E-state index is -1.27. The van der Waals surface area contributed by atoms with Gasteiger partial charge >= 0.3 is 0 Å². The first-order chi connectivity index (χ1) is 12.2. The van der Waals surface area contributed by atoms with Crippen LogP contribution in [0.15, 0.2) is 42.5 Å². The summed E-state index contributed by atoms with van der Waals surface area (Å²) in [5, 5.41) is 0. The van der Waals surface area contributed by atoms with E-state index in [1.807, 2.05) is 56.3 Å². The van der Waals surface area contributed by atoms with E-state index in [-0.39, 0.29) is 5.91 Å². The van der Waals surface area contributed by atoms with Crippen molar-refractivity contribution < 1.29 is 19.0 Å². The number of aryl methyl sites for hydroxylation is 1. The zero-order chi connectivity index (χ0) is 17.4. The lowest BCUT2D eigenvalue weighted by Crippen LogP contribution is -2.40. The van der Waals surface area contributed by atoms with Gasteiger partial charge in [-0.15, -0.1) is 0 Å². The highest BCUT2D eigenvalue weighted by atomic mass is 16.7. The molecule has 1 fully saturated rings. The smallest absolute Gasteiger partial charge is 0.292 e. The van der Waals surface area contributed by atoms with Gasteiger partial charge in [0.05, 0.1) is 32.1 Å². The Balaban J connectivity index is 1.69. The molecule has 1 amide bonds. The van der Waals surface area contributed by atoms with Crippen LogP contribution in [-0.4, -0.2) is 25.7 Å². The van der Waals surface area contributed by atoms with Gasteiger partial charge in [0, 0.05) is 5.56 Å². The zero-order valence-electron chi connectivity index (χ0n) is 14.5. The molecule has 4 rings (SSSR count). The van der Waals surface area contributed by atoms with E-state index in [2.05, 4.69) is 0 Å². The van der Waals surface area contributed by atoms with E-state index in [9.17, 15) is 4.79 Å². The van der Waals surface area contributed by atoms with E-state index in [1.165, 1.54) is 0 Å². The van der Waals surface area contributed by atoms with E-state index in [4.69, 9.17) is 14.2 Å². The molecule has 0 aromatic heterocycles. The highest BCUT2D eigenvalue weighted by Crippen LogP contribution is 2.47. The Bertz CT molecular complexity index is 794. The van der Waals surface area contributed by atoms with Crippen molar-refractivity contribution in [3.63, 3.8) is 0 Å². The SMILES string of the molecule is CCOc1ccc(CN2C(=O)C3(OCCO3)c3cccc(C)c32)cc1. The van der Waals surface area contributed by atoms with Crippen molar-refractivity contribution in [2.75, 3.05) is 24.7 Å². The fourth-order valence-electron chi connectivity index (χ4n) is 3.56. The van der Waals surface area contributed by atoms with Gasteiger partial charge in [-0.05, 0) is 37.1 Å². The summed E-state index contributed by atoms with van der Waals surface area (Å²) in [5.74, 6) is -0.593. The van der Waals surface area contributed by atoms with Gasteiger partial charge < -0.3 is 19.1 Å². The van der Waals surface area contributed by atoms with Crippen LogP contribution >= 0.6 is 0 Å². The summed E-state index contributed by atoms with van der Waals surface area (Å²) in [6.45, 7) is 5.92. The number of hydrogen-bond donors (Lipinski definition) is 0. The molecular formula is C20H21NO4. The third-order valence-electron chi connectivity index (χ3n) is 4.66. The monoisotopic (exact) mass is 339 g/mol. The number of carbonyl (C=O) groups excluding carboxylic acids is 1. The van der Waals surface area contributed by atoms with Crippen LogP contribution in [0.25, 0.3) is 0 Å². The van der Waals surface area contributed by atoms with Crippen molar-refractivity contribution >= 4 is 11.6 Å². The molecule has 0 N–H and O–H groups in total. The topological polar surface area (TPSA) is 48.0 Å². The maximum absolute atomic E-state index is 13.2. The maximum atomic E-state index is 13.2. The second-order valence-corrected chi connectivity index (χ2v) is 6.25. The molecule has 130 valence electrons. The first-order valence-electron chi connectivity index (χ1n) is 8.57. The molecule has 2 aliphatic rings. The van der Waals surface area contributed by atoms with Gasteiger partial charge in [0.2, 0.25) is 0 Å². The van der Waals surface area contributed by atoms with Crippen LogP contribution in [0, 0.1) is 6.92 Å². The molecule has 2 heterocycles. The van der Waals surface area contributed by atoms with Crippen LogP contribution in [0.4, 0.5) is 5.69 Å². The predicted octanol–water partition coefficient (Wildman–Crippen LogP) is 3.14. The lowest BCUT2D eigenvalue weighted by molar-refractivity contribution is -0.180. The van der Waals surface area contributed by atoms with E-state index in [1.54, 1.807) is 4.90 Å². The molecular weight excluding hydrogens is 318 g/mol. The van der Waals surface area contributed by atoms with E-state index in [0.29, 0.717) is 26.4 Å². The lowest BCUT2D eigenvalue weighted by Gasteiger charge is -2.22. The summed E-state index contributed by atoms with van der Waals surface area (Å²) in [5.41, 5.74) is 3.76. The van der Waals surface area contributed by atoms with E-state index < -0.39 is 5.79 Å². The third-order valence-corrected chi connectivity index (χ3v) is 4.66. The van der Waals surface area contributed by atoms with Gasteiger partial charge in [-0.2, -0.15) is 0 Å². The van der Waals surface area contributed by atoms with Crippen molar-refractivity contribution in [2.24, 2.45) is 0 Å². The van der Waals surface area contributed by atoms with Crippen molar-refractivity contribution in [3.05, 3.63) is 59.2 Å². The Morgan fingerprint density at radius 1 is 1.12 bits per heavy atom. The number of benzene rings is 2. The van der Waals surface area contributed by atoms with E-state index >= 15 is 0 Å². The lowest BCUT2D eigenvalue weighted by atomic mass is 10.0. The van der Waals surface area contributed by atoms with Crippen LogP contribution in [0.1, 0.15) is 23.6 Å². The van der Waals surface area contributed by atoms with Gasteiger partial charge in [0.1, 0.15) is 5.75 Å². The van der Waals surface area contributed by atoms with Crippen LogP contribution in [0.2, 0.25) is 0 Å². The largest absolute Gasteiger partial charge is 0.494 e. The molecule has 5 nitrogen and oxygen atoms in total. The van der Waals surface area contributed by atoms with Crippen molar-refractivity contribution in [3.8, 4) is 5.75 Å². The minimum absolute atomic E-state index is 0.150. The number of fused-ring (bicyclic) bond motifs is 2. The van der Waals surface area contributed by atoms with Gasteiger partial charge in [0.15, 0.2) is 0 Å². The predicted molar refractivity (Wildman–Crippen MR) is 93.6 cm³/mol. The summed E-state index contributed by atoms with van der Waals surface area (Å²) in [6.07, 6.45) is 0. The standard InChI is InChI=1S/C20H21NO4/c1-3-23-16-9-7-15(8-10-16)13-21-18-14(2)5-4-6-17(18)20(19(21)22)24-11-12-25-20/h4-10H,3,11-13H2,1-2H3. The fraction of sp³-hybridized carbons (Fsp3) is 0.350. The average Bonchev–Trinajstić information content (AvgIpc) is 3.19. The number of para-hydroxylation sites is 1. The van der Waals surface area contributed by atoms with Crippen molar-refractivity contribution in [1.82, 2.24) is 0 Å². The molecule has 0 unspecified atom stereocenters. The maximum Gasteiger partial charge on any atom is 0.292 e. The van der Waals surface area contributed by atoms with Gasteiger partial charge in [0.25, 0.3) is 11.7 Å². The third kappa shape index (κ3) is 2.51. The molecule has 0 radical (unpaired) electrons. The normalized spacial score (nSPS) is 18.0.